The van der Waals surface area contributed by atoms with Crippen LogP contribution in [-0.4, -0.2) is 19.6 Å². The highest BCUT2D eigenvalue weighted by Crippen LogP contribution is 2.47. The number of rotatable bonds is 2. The number of pyridine rings is 2. The summed E-state index contributed by atoms with van der Waals surface area (Å²) in [5, 5.41) is 25.9. The molecular formula is C30H18N2O3. The first kappa shape index (κ1) is 19.6. The molecule has 0 bridgehead atoms. The molecule has 5 nitrogen and oxygen atoms in total. The van der Waals surface area contributed by atoms with Crippen LogP contribution in [0.5, 0.6) is 11.5 Å². The first-order valence-corrected chi connectivity index (χ1v) is 11.3. The monoisotopic (exact) mass is 454 g/mol. The molecule has 3 heterocycles. The van der Waals surface area contributed by atoms with Gasteiger partial charge in [0, 0.05) is 21.7 Å². The van der Waals surface area contributed by atoms with Crippen LogP contribution in [0.4, 0.5) is 0 Å². The summed E-state index contributed by atoms with van der Waals surface area (Å²) in [4.78, 5) is 18.5. The van der Waals surface area contributed by atoms with Crippen LogP contribution in [0.15, 0.2) is 102 Å². The molecule has 0 aliphatic carbocycles. The van der Waals surface area contributed by atoms with Gasteiger partial charge in [0.25, 0.3) is 5.56 Å². The summed E-state index contributed by atoms with van der Waals surface area (Å²) in [5.41, 5.74) is 3.51. The lowest BCUT2D eigenvalue weighted by Gasteiger charge is -2.14. The Bertz CT molecular complexity index is 1990. The van der Waals surface area contributed by atoms with Crippen molar-refractivity contribution >= 4 is 38.1 Å². The highest BCUT2D eigenvalue weighted by molar-refractivity contribution is 6.19. The molecule has 0 aliphatic rings. The fraction of sp³-hybridized carbons (Fsp3) is 0. The third-order valence-electron chi connectivity index (χ3n) is 6.76. The number of benzene rings is 4. The normalized spacial score (nSPS) is 11.8. The molecule has 3 aromatic heterocycles. The molecule has 0 fully saturated rings. The van der Waals surface area contributed by atoms with Crippen LogP contribution in [0.25, 0.3) is 60.5 Å². The lowest BCUT2D eigenvalue weighted by Crippen LogP contribution is -2.15. The van der Waals surface area contributed by atoms with E-state index in [9.17, 15) is 15.0 Å². The maximum Gasteiger partial charge on any atom is 0.267 e. The Morgan fingerprint density at radius 3 is 2.31 bits per heavy atom. The molecule has 166 valence electrons. The molecule has 0 aliphatic heterocycles. The van der Waals surface area contributed by atoms with Crippen molar-refractivity contribution in [2.45, 2.75) is 0 Å². The number of para-hydroxylation sites is 2. The van der Waals surface area contributed by atoms with E-state index in [-0.39, 0.29) is 28.0 Å². The Balaban J connectivity index is 1.69. The Morgan fingerprint density at radius 2 is 1.46 bits per heavy atom. The molecule has 0 spiro atoms. The summed E-state index contributed by atoms with van der Waals surface area (Å²) in [7, 11) is 0. The third kappa shape index (κ3) is 2.63. The summed E-state index contributed by atoms with van der Waals surface area (Å²) >= 11 is 0. The lowest BCUT2D eigenvalue weighted by molar-refractivity contribution is 0.465. The van der Waals surface area contributed by atoms with Gasteiger partial charge in [0.1, 0.15) is 11.5 Å². The standard InChI is InChI=1S/C30H18N2O3/c33-28-21(23-15-14-17-8-4-6-12-22(17)31-23)16-20-19-11-5-7-13-24(19)32-27(20)26(28)29(34)25(30(32)35)18-9-2-1-3-10-18/h1-16,33-34H. The number of nitrogens with zero attached hydrogens (tertiary/aromatic N) is 2. The number of phenolic OH excluding ortho intramolecular Hbond substituents is 1. The smallest absolute Gasteiger partial charge is 0.267 e. The van der Waals surface area contributed by atoms with Gasteiger partial charge in [-0.2, -0.15) is 0 Å². The van der Waals surface area contributed by atoms with Crippen LogP contribution in [0, 0.1) is 0 Å². The van der Waals surface area contributed by atoms with Gasteiger partial charge in [-0.3, -0.25) is 9.20 Å². The molecule has 7 aromatic rings. The molecule has 0 radical (unpaired) electrons. The predicted molar refractivity (Wildman–Crippen MR) is 139 cm³/mol. The van der Waals surface area contributed by atoms with Crippen molar-refractivity contribution < 1.29 is 10.2 Å². The van der Waals surface area contributed by atoms with Crippen molar-refractivity contribution in [3.05, 3.63) is 107 Å². The number of phenols is 1. The van der Waals surface area contributed by atoms with Gasteiger partial charge < -0.3 is 10.2 Å². The van der Waals surface area contributed by atoms with Gasteiger partial charge in [-0.05, 0) is 29.8 Å². The van der Waals surface area contributed by atoms with Crippen LogP contribution in [0.3, 0.4) is 0 Å². The molecule has 0 unspecified atom stereocenters. The van der Waals surface area contributed by atoms with Gasteiger partial charge >= 0.3 is 0 Å². The Kier molecular flexibility index (Phi) is 3.94. The van der Waals surface area contributed by atoms with Crippen LogP contribution in [0.2, 0.25) is 0 Å². The van der Waals surface area contributed by atoms with Gasteiger partial charge in [0.15, 0.2) is 0 Å². The van der Waals surface area contributed by atoms with Crippen LogP contribution >= 0.6 is 0 Å². The number of hydrogen-bond donors (Lipinski definition) is 2. The zero-order valence-corrected chi connectivity index (χ0v) is 18.4. The van der Waals surface area contributed by atoms with E-state index in [1.165, 1.54) is 0 Å². The second kappa shape index (κ2) is 7.05. The van der Waals surface area contributed by atoms with E-state index in [0.717, 1.165) is 27.2 Å². The Morgan fingerprint density at radius 1 is 0.714 bits per heavy atom. The van der Waals surface area contributed by atoms with E-state index in [4.69, 9.17) is 4.98 Å². The Hall–Kier alpha value is -4.90. The van der Waals surface area contributed by atoms with E-state index in [1.54, 1.807) is 16.5 Å². The van der Waals surface area contributed by atoms with Crippen molar-refractivity contribution in [1.82, 2.24) is 9.38 Å². The lowest BCUT2D eigenvalue weighted by atomic mass is 9.97. The topological polar surface area (TPSA) is 74.8 Å². The van der Waals surface area contributed by atoms with Crippen LogP contribution < -0.4 is 5.56 Å². The van der Waals surface area contributed by atoms with Gasteiger partial charge in [-0.1, -0.05) is 72.8 Å². The Labute approximate surface area is 199 Å². The molecule has 5 heteroatoms. The minimum Gasteiger partial charge on any atom is -0.506 e. The van der Waals surface area contributed by atoms with Gasteiger partial charge in [-0.15, -0.1) is 0 Å². The van der Waals surface area contributed by atoms with Gasteiger partial charge in [-0.25, -0.2) is 4.98 Å². The fourth-order valence-electron chi connectivity index (χ4n) is 5.17. The third-order valence-corrected chi connectivity index (χ3v) is 6.76. The van der Waals surface area contributed by atoms with Crippen molar-refractivity contribution in [1.29, 1.82) is 0 Å². The van der Waals surface area contributed by atoms with Crippen LogP contribution in [0.1, 0.15) is 0 Å². The molecule has 0 atom stereocenters. The predicted octanol–water partition coefficient (Wildman–Crippen LogP) is 6.34. The molecule has 0 saturated heterocycles. The maximum absolute atomic E-state index is 13.8. The summed E-state index contributed by atoms with van der Waals surface area (Å²) in [6.07, 6.45) is 0. The van der Waals surface area contributed by atoms with Crippen molar-refractivity contribution in [2.75, 3.05) is 0 Å². The fourth-order valence-corrected chi connectivity index (χ4v) is 5.17. The second-order valence-electron chi connectivity index (χ2n) is 8.68. The molecular weight excluding hydrogens is 436 g/mol. The van der Waals surface area contributed by atoms with Crippen molar-refractivity contribution in [3.8, 4) is 33.9 Å². The quantitative estimate of drug-likeness (QED) is 0.320. The average molecular weight is 454 g/mol. The molecule has 2 N–H and O–H groups in total. The van der Waals surface area contributed by atoms with Gasteiger partial charge in [0.05, 0.1) is 33.2 Å². The zero-order chi connectivity index (χ0) is 23.7. The minimum atomic E-state index is -0.330. The minimum absolute atomic E-state index is 0.109. The van der Waals surface area contributed by atoms with Crippen molar-refractivity contribution in [2.24, 2.45) is 0 Å². The first-order valence-electron chi connectivity index (χ1n) is 11.3. The SMILES string of the molecule is O=c1c(-c2ccccc2)c(O)c2c(O)c(-c3ccc4ccccc4n3)cc3c4ccccc4n1c23. The highest BCUT2D eigenvalue weighted by atomic mass is 16.3. The number of hydrogen-bond acceptors (Lipinski definition) is 4. The first-order chi connectivity index (χ1) is 17.1. The second-order valence-corrected chi connectivity index (χ2v) is 8.68. The van der Waals surface area contributed by atoms with E-state index in [0.29, 0.717) is 22.3 Å². The zero-order valence-electron chi connectivity index (χ0n) is 18.4. The summed E-state index contributed by atoms with van der Waals surface area (Å²) in [6.45, 7) is 0. The molecule has 0 saturated carbocycles. The van der Waals surface area contributed by atoms with Crippen molar-refractivity contribution in [3.63, 3.8) is 0 Å². The molecule has 0 amide bonds. The maximum atomic E-state index is 13.8. The van der Waals surface area contributed by atoms with Gasteiger partial charge in [0.2, 0.25) is 0 Å². The van der Waals surface area contributed by atoms with E-state index >= 15 is 0 Å². The number of aromatic nitrogens is 2. The summed E-state index contributed by atoms with van der Waals surface area (Å²) in [6, 6.07) is 30.1. The highest BCUT2D eigenvalue weighted by Gasteiger charge is 2.26. The largest absolute Gasteiger partial charge is 0.506 e. The number of fused-ring (bicyclic) bond motifs is 4. The van der Waals surface area contributed by atoms with E-state index in [2.05, 4.69) is 0 Å². The number of aromatic hydroxyl groups is 2. The average Bonchev–Trinajstić information content (AvgIpc) is 3.22. The van der Waals surface area contributed by atoms with E-state index in [1.807, 2.05) is 84.9 Å². The van der Waals surface area contributed by atoms with Crippen LogP contribution in [-0.2, 0) is 0 Å². The van der Waals surface area contributed by atoms with E-state index < -0.39 is 0 Å². The molecule has 35 heavy (non-hydrogen) atoms. The summed E-state index contributed by atoms with van der Waals surface area (Å²) < 4.78 is 1.60. The summed E-state index contributed by atoms with van der Waals surface area (Å²) in [5.74, 6) is -0.343. The molecule has 7 rings (SSSR count). The molecule has 4 aromatic carbocycles.